The first-order valence-electron chi connectivity index (χ1n) is 10.2. The maximum absolute atomic E-state index is 13.2. The van der Waals surface area contributed by atoms with E-state index in [1.165, 1.54) is 10.2 Å². The van der Waals surface area contributed by atoms with E-state index >= 15 is 0 Å². The van der Waals surface area contributed by atoms with Crippen molar-refractivity contribution in [3.05, 3.63) is 44.9 Å². The molecule has 0 aliphatic carbocycles. The number of nitrogens with zero attached hydrogens (tertiary/aromatic N) is 2. The quantitative estimate of drug-likeness (QED) is 0.677. The largest absolute Gasteiger partial charge is 0.514 e. The lowest BCUT2D eigenvalue weighted by molar-refractivity contribution is 0.0204. The molecule has 0 radical (unpaired) electrons. The number of carbonyl (C=O) groups excluding carboxylic acids is 1. The highest BCUT2D eigenvalue weighted by atomic mass is 16.7. The van der Waals surface area contributed by atoms with E-state index in [0.29, 0.717) is 11.3 Å². The van der Waals surface area contributed by atoms with Crippen molar-refractivity contribution in [3.8, 4) is 16.9 Å². The lowest BCUT2D eigenvalue weighted by Gasteiger charge is -2.21. The zero-order valence-electron chi connectivity index (χ0n) is 18.8. The molecular weight excluding hydrogens is 368 g/mol. The Bertz CT molecular complexity index is 943. The summed E-state index contributed by atoms with van der Waals surface area (Å²) in [4.78, 5) is 25.6. The third kappa shape index (κ3) is 5.05. The maximum Gasteiger partial charge on any atom is 0.514 e. The Morgan fingerprint density at radius 2 is 1.59 bits per heavy atom. The number of ether oxygens (including phenoxy) is 2. The first-order chi connectivity index (χ1) is 13.5. The molecule has 1 aromatic heterocycles. The number of aromatic nitrogens is 2. The molecule has 0 aliphatic heterocycles. The van der Waals surface area contributed by atoms with Gasteiger partial charge in [0.2, 0.25) is 0 Å². The molecule has 0 atom stereocenters. The minimum absolute atomic E-state index is 0.163. The summed E-state index contributed by atoms with van der Waals surface area (Å²) >= 11 is 0. The lowest BCUT2D eigenvalue weighted by atomic mass is 9.89. The van der Waals surface area contributed by atoms with E-state index < -0.39 is 11.8 Å². The van der Waals surface area contributed by atoms with Gasteiger partial charge in [0.1, 0.15) is 11.3 Å². The average molecular weight is 401 g/mol. The predicted molar refractivity (Wildman–Crippen MR) is 115 cm³/mol. The summed E-state index contributed by atoms with van der Waals surface area (Å²) in [6.45, 7) is 13.2. The van der Waals surface area contributed by atoms with Crippen molar-refractivity contribution in [3.63, 3.8) is 0 Å². The summed E-state index contributed by atoms with van der Waals surface area (Å²) in [6.07, 6.45) is 1.58. The maximum atomic E-state index is 13.2. The molecule has 0 N–H and O–H groups in total. The van der Waals surface area contributed by atoms with Crippen LogP contribution in [0.3, 0.4) is 0 Å². The Hall–Kier alpha value is -2.63. The molecule has 1 aromatic carbocycles. The molecule has 158 valence electrons. The van der Waals surface area contributed by atoms with Crippen molar-refractivity contribution in [2.24, 2.45) is 7.05 Å². The number of hydrogen-bond donors (Lipinski definition) is 0. The monoisotopic (exact) mass is 400 g/mol. The lowest BCUT2D eigenvalue weighted by Crippen LogP contribution is -2.29. The first kappa shape index (κ1) is 22.7. The normalized spacial score (nSPS) is 11.4. The van der Waals surface area contributed by atoms with Gasteiger partial charge in [-0.2, -0.15) is 5.10 Å². The molecule has 0 fully saturated rings. The van der Waals surface area contributed by atoms with E-state index in [1.54, 1.807) is 34.7 Å². The SMILES string of the molecule is CCc1cc(CC)c(-c2c(OC(=O)OC(C)(C)C)c(C)nn(C)c2=O)c(CC)c1. The highest BCUT2D eigenvalue weighted by Crippen LogP contribution is 2.36. The summed E-state index contributed by atoms with van der Waals surface area (Å²) in [6, 6.07) is 4.25. The summed E-state index contributed by atoms with van der Waals surface area (Å²) in [5.74, 6) is 0.163. The second-order valence-corrected chi connectivity index (χ2v) is 8.13. The molecule has 0 saturated heterocycles. The molecule has 0 bridgehead atoms. The summed E-state index contributed by atoms with van der Waals surface area (Å²) in [5.41, 5.74) is 3.97. The van der Waals surface area contributed by atoms with Crippen LogP contribution in [0.4, 0.5) is 4.79 Å². The summed E-state index contributed by atoms with van der Waals surface area (Å²) in [5, 5.41) is 4.22. The van der Waals surface area contributed by atoms with Crippen LogP contribution in [0.15, 0.2) is 16.9 Å². The number of rotatable bonds is 5. The highest BCUT2D eigenvalue weighted by molar-refractivity contribution is 5.79. The van der Waals surface area contributed by atoms with Crippen LogP contribution in [0, 0.1) is 6.92 Å². The van der Waals surface area contributed by atoms with Crippen molar-refractivity contribution in [2.45, 2.75) is 73.3 Å². The Balaban J connectivity index is 2.79. The fraction of sp³-hybridized carbons (Fsp3) is 0.522. The average Bonchev–Trinajstić information content (AvgIpc) is 2.64. The number of aryl methyl sites for hydroxylation is 5. The van der Waals surface area contributed by atoms with E-state index in [0.717, 1.165) is 36.0 Å². The van der Waals surface area contributed by atoms with Gasteiger partial charge in [-0.25, -0.2) is 9.48 Å². The first-order valence-corrected chi connectivity index (χ1v) is 10.2. The molecular formula is C23H32N2O4. The third-order valence-electron chi connectivity index (χ3n) is 4.72. The molecule has 0 unspecified atom stereocenters. The molecule has 0 aliphatic rings. The smallest absolute Gasteiger partial charge is 0.428 e. The van der Waals surface area contributed by atoms with Gasteiger partial charge in [-0.15, -0.1) is 0 Å². The number of carbonyl (C=O) groups is 1. The van der Waals surface area contributed by atoms with Crippen molar-refractivity contribution in [2.75, 3.05) is 0 Å². The topological polar surface area (TPSA) is 70.4 Å². The van der Waals surface area contributed by atoms with Crippen LogP contribution < -0.4 is 10.3 Å². The van der Waals surface area contributed by atoms with E-state index in [9.17, 15) is 9.59 Å². The van der Waals surface area contributed by atoms with Gasteiger partial charge in [0.15, 0.2) is 5.75 Å². The Morgan fingerprint density at radius 3 is 2.03 bits per heavy atom. The van der Waals surface area contributed by atoms with Crippen LogP contribution in [0.25, 0.3) is 11.1 Å². The molecule has 6 heteroatoms. The minimum Gasteiger partial charge on any atom is -0.428 e. The molecule has 1 heterocycles. The minimum atomic E-state index is -0.849. The van der Waals surface area contributed by atoms with Gasteiger partial charge in [-0.1, -0.05) is 32.9 Å². The van der Waals surface area contributed by atoms with Gasteiger partial charge in [0.05, 0.1) is 5.56 Å². The molecule has 0 spiro atoms. The van der Waals surface area contributed by atoms with Gasteiger partial charge >= 0.3 is 6.16 Å². The molecule has 2 rings (SSSR count). The van der Waals surface area contributed by atoms with Crippen LogP contribution >= 0.6 is 0 Å². The van der Waals surface area contributed by atoms with Crippen LogP contribution in [0.5, 0.6) is 5.75 Å². The highest BCUT2D eigenvalue weighted by Gasteiger charge is 2.26. The van der Waals surface area contributed by atoms with E-state index in [4.69, 9.17) is 9.47 Å². The van der Waals surface area contributed by atoms with Crippen molar-refractivity contribution >= 4 is 6.16 Å². The van der Waals surface area contributed by atoms with Gasteiger partial charge in [0.25, 0.3) is 5.56 Å². The molecule has 6 nitrogen and oxygen atoms in total. The number of benzene rings is 1. The molecule has 0 amide bonds. The van der Waals surface area contributed by atoms with Gasteiger partial charge in [-0.3, -0.25) is 4.79 Å². The van der Waals surface area contributed by atoms with Crippen LogP contribution in [-0.2, 0) is 31.0 Å². The molecule has 0 saturated carbocycles. The van der Waals surface area contributed by atoms with E-state index in [-0.39, 0.29) is 11.3 Å². The predicted octanol–water partition coefficient (Wildman–Crippen LogP) is 4.76. The standard InChI is InChI=1S/C23H32N2O4/c1-9-15-12-16(10-2)18(17(11-3)13-15)19-20(14(4)24-25(8)21(19)26)28-22(27)29-23(5,6)7/h12-13H,9-11H2,1-8H3. The zero-order chi connectivity index (χ0) is 21.9. The van der Waals surface area contributed by atoms with Crippen molar-refractivity contribution < 1.29 is 14.3 Å². The van der Waals surface area contributed by atoms with Crippen LogP contribution in [-0.4, -0.2) is 21.5 Å². The zero-order valence-corrected chi connectivity index (χ0v) is 18.8. The van der Waals surface area contributed by atoms with E-state index in [1.807, 2.05) is 0 Å². The van der Waals surface area contributed by atoms with Crippen molar-refractivity contribution in [1.82, 2.24) is 9.78 Å². The molecule has 29 heavy (non-hydrogen) atoms. The van der Waals surface area contributed by atoms with Crippen LogP contribution in [0.2, 0.25) is 0 Å². The second kappa shape index (κ2) is 8.80. The second-order valence-electron chi connectivity index (χ2n) is 8.13. The van der Waals surface area contributed by atoms with Crippen molar-refractivity contribution in [1.29, 1.82) is 0 Å². The van der Waals surface area contributed by atoms with Gasteiger partial charge < -0.3 is 9.47 Å². The van der Waals surface area contributed by atoms with Crippen LogP contribution in [0.1, 0.15) is 63.9 Å². The van der Waals surface area contributed by atoms with Gasteiger partial charge in [-0.05, 0) is 69.2 Å². The number of hydrogen-bond acceptors (Lipinski definition) is 5. The fourth-order valence-corrected chi connectivity index (χ4v) is 3.38. The Kier molecular flexibility index (Phi) is 6.88. The Morgan fingerprint density at radius 1 is 1.03 bits per heavy atom. The molecule has 2 aromatic rings. The summed E-state index contributed by atoms with van der Waals surface area (Å²) in [7, 11) is 1.60. The Labute approximate surface area is 172 Å². The van der Waals surface area contributed by atoms with Gasteiger partial charge in [0, 0.05) is 7.05 Å². The summed E-state index contributed by atoms with van der Waals surface area (Å²) < 4.78 is 12.2. The fourth-order valence-electron chi connectivity index (χ4n) is 3.38. The third-order valence-corrected chi connectivity index (χ3v) is 4.72. The van der Waals surface area contributed by atoms with E-state index in [2.05, 4.69) is 38.0 Å².